The second kappa shape index (κ2) is 17.3. The first-order valence-electron chi connectivity index (χ1n) is 13.0. The van der Waals surface area contributed by atoms with Crippen LogP contribution in [0.3, 0.4) is 0 Å². The number of hydrogen-bond acceptors (Lipinski definition) is 8. The summed E-state index contributed by atoms with van der Waals surface area (Å²) in [4.78, 5) is 39.4. The van der Waals surface area contributed by atoms with Crippen LogP contribution in [0.2, 0.25) is 0 Å². The number of carbonyl (C=O) groups excluding carboxylic acids is 3. The molecule has 1 aromatic rings. The van der Waals surface area contributed by atoms with Crippen LogP contribution < -0.4 is 11.1 Å². The molecule has 207 valence electrons. The van der Waals surface area contributed by atoms with Gasteiger partial charge in [0.2, 0.25) is 5.91 Å². The number of methoxy groups -OCH3 is 1. The molecule has 2 rings (SSSR count). The molecule has 0 aromatic heterocycles. The van der Waals surface area contributed by atoms with E-state index < -0.39 is 23.6 Å². The Morgan fingerprint density at radius 3 is 2.41 bits per heavy atom. The standard InChI is InChI=1S/C27H41N2O5S3/c1-4-24(30)34-27(26(32)33-2,22-13-9-6-10-14-22)29-25(31)21(17-20-11-7-5-8-12-20)18-36-37-19-23(28)15-16-35-3/h5,7-8,11-12,21-23,28H,4,6,9-10,13-19H2,1-3H3,(H,29,31). The van der Waals surface area contributed by atoms with Crippen LogP contribution in [0.4, 0.5) is 0 Å². The average molecular weight is 570 g/mol. The summed E-state index contributed by atoms with van der Waals surface area (Å²) in [5, 5.41) is 2.90. The van der Waals surface area contributed by atoms with Gasteiger partial charge in [-0.2, -0.15) is 11.8 Å². The van der Waals surface area contributed by atoms with Gasteiger partial charge < -0.3 is 14.8 Å². The van der Waals surface area contributed by atoms with Crippen LogP contribution in [0, 0.1) is 11.8 Å². The molecule has 0 heterocycles. The summed E-state index contributed by atoms with van der Waals surface area (Å²) in [6.45, 7) is 1.66. The molecule has 0 bridgehead atoms. The number of nitrogens with one attached hydrogen (secondary N) is 2. The first-order chi connectivity index (χ1) is 17.9. The Morgan fingerprint density at radius 1 is 1.11 bits per heavy atom. The van der Waals surface area contributed by atoms with Gasteiger partial charge in [0.1, 0.15) is 0 Å². The SMILES string of the molecule is CCC(=O)OC(NC(=O)C(CSSCC([NH])CCSC)Cc1ccccc1)(C(=O)OC)C1CCCCC1. The lowest BCUT2D eigenvalue weighted by Crippen LogP contribution is -2.64. The Labute approximate surface area is 233 Å². The molecule has 0 aliphatic heterocycles. The fourth-order valence-electron chi connectivity index (χ4n) is 4.40. The van der Waals surface area contributed by atoms with E-state index in [9.17, 15) is 14.4 Å². The van der Waals surface area contributed by atoms with Crippen molar-refractivity contribution >= 4 is 51.2 Å². The van der Waals surface area contributed by atoms with Crippen molar-refractivity contribution in [2.24, 2.45) is 11.8 Å². The number of thioether (sulfide) groups is 1. The molecule has 2 N–H and O–H groups in total. The van der Waals surface area contributed by atoms with Crippen molar-refractivity contribution < 1.29 is 23.9 Å². The smallest absolute Gasteiger partial charge is 0.372 e. The molecule has 0 saturated heterocycles. The summed E-state index contributed by atoms with van der Waals surface area (Å²) < 4.78 is 10.9. The third kappa shape index (κ3) is 10.4. The molecule has 1 aromatic carbocycles. The Balaban J connectivity index is 2.23. The number of esters is 2. The van der Waals surface area contributed by atoms with Gasteiger partial charge >= 0.3 is 11.9 Å². The van der Waals surface area contributed by atoms with Gasteiger partial charge in [0.25, 0.3) is 5.72 Å². The van der Waals surface area contributed by atoms with E-state index in [4.69, 9.17) is 15.2 Å². The number of carbonyl (C=O) groups is 3. The molecular formula is C27H41N2O5S3. The summed E-state index contributed by atoms with van der Waals surface area (Å²) in [5.41, 5.74) is 7.37. The number of hydrogen-bond donors (Lipinski definition) is 1. The summed E-state index contributed by atoms with van der Waals surface area (Å²) in [7, 11) is 4.43. The Hall–Kier alpha value is -1.36. The molecule has 10 heteroatoms. The Bertz CT molecular complexity index is 839. The fraction of sp³-hybridized carbons (Fsp3) is 0.667. The molecule has 1 aliphatic rings. The number of amides is 1. The van der Waals surface area contributed by atoms with Gasteiger partial charge in [-0.05, 0) is 43.3 Å². The van der Waals surface area contributed by atoms with Crippen LogP contribution in [-0.2, 0) is 30.3 Å². The van der Waals surface area contributed by atoms with E-state index in [-0.39, 0.29) is 24.3 Å². The molecule has 1 saturated carbocycles. The largest absolute Gasteiger partial charge is 0.465 e. The highest BCUT2D eigenvalue weighted by molar-refractivity contribution is 8.76. The zero-order valence-electron chi connectivity index (χ0n) is 22.2. The Morgan fingerprint density at radius 2 is 1.78 bits per heavy atom. The van der Waals surface area contributed by atoms with E-state index in [1.54, 1.807) is 40.3 Å². The topological polar surface area (TPSA) is 106 Å². The van der Waals surface area contributed by atoms with E-state index in [2.05, 4.69) is 5.32 Å². The fourth-order valence-corrected chi connectivity index (χ4v) is 7.44. The van der Waals surface area contributed by atoms with Crippen LogP contribution in [0.1, 0.15) is 57.4 Å². The van der Waals surface area contributed by atoms with Crippen LogP contribution in [-0.4, -0.2) is 60.2 Å². The average Bonchev–Trinajstić information content (AvgIpc) is 2.93. The molecule has 1 fully saturated rings. The van der Waals surface area contributed by atoms with Gasteiger partial charge in [0.15, 0.2) is 0 Å². The van der Waals surface area contributed by atoms with Crippen LogP contribution in [0.15, 0.2) is 30.3 Å². The monoisotopic (exact) mass is 569 g/mol. The minimum Gasteiger partial charge on any atom is -0.465 e. The van der Waals surface area contributed by atoms with Gasteiger partial charge in [0.05, 0.1) is 13.0 Å². The maximum Gasteiger partial charge on any atom is 0.372 e. The third-order valence-corrected chi connectivity index (χ3v) is 9.73. The first-order valence-corrected chi connectivity index (χ1v) is 16.8. The van der Waals surface area contributed by atoms with E-state index in [0.717, 1.165) is 37.0 Å². The lowest BCUT2D eigenvalue weighted by molar-refractivity contribution is -0.197. The van der Waals surface area contributed by atoms with Gasteiger partial charge in [-0.3, -0.25) is 15.3 Å². The van der Waals surface area contributed by atoms with Crippen LogP contribution in [0.5, 0.6) is 0 Å². The van der Waals surface area contributed by atoms with Gasteiger partial charge in [-0.25, -0.2) is 4.79 Å². The first kappa shape index (κ1) is 31.9. The minimum absolute atomic E-state index is 0.0894. The maximum absolute atomic E-state index is 13.8. The van der Waals surface area contributed by atoms with Gasteiger partial charge in [-0.15, -0.1) is 0 Å². The van der Waals surface area contributed by atoms with Crippen molar-refractivity contribution in [3.05, 3.63) is 35.9 Å². The lowest BCUT2D eigenvalue weighted by atomic mass is 9.80. The number of rotatable bonds is 16. The van der Waals surface area contributed by atoms with Crippen molar-refractivity contribution in [3.63, 3.8) is 0 Å². The van der Waals surface area contributed by atoms with E-state index >= 15 is 0 Å². The number of benzene rings is 1. The molecule has 0 spiro atoms. The van der Waals surface area contributed by atoms with Crippen molar-refractivity contribution in [2.45, 2.75) is 70.1 Å². The summed E-state index contributed by atoms with van der Waals surface area (Å²) in [6.07, 6.45) is 7.63. The van der Waals surface area contributed by atoms with E-state index in [1.165, 1.54) is 7.11 Å². The van der Waals surface area contributed by atoms with E-state index in [0.29, 0.717) is 30.8 Å². The van der Waals surface area contributed by atoms with E-state index in [1.807, 2.05) is 36.6 Å². The van der Waals surface area contributed by atoms with Crippen LogP contribution in [0.25, 0.3) is 0 Å². The lowest BCUT2D eigenvalue weighted by Gasteiger charge is -2.40. The van der Waals surface area contributed by atoms with Crippen molar-refractivity contribution in [1.29, 1.82) is 0 Å². The zero-order valence-corrected chi connectivity index (χ0v) is 24.6. The highest BCUT2D eigenvalue weighted by Crippen LogP contribution is 2.36. The quantitative estimate of drug-likeness (QED) is 0.126. The predicted octanol–water partition coefficient (Wildman–Crippen LogP) is 5.15. The second-order valence-corrected chi connectivity index (χ2v) is 12.9. The normalized spacial score (nSPS) is 17.3. The summed E-state index contributed by atoms with van der Waals surface area (Å²) in [6, 6.07) is 9.62. The Kier molecular flexibility index (Phi) is 14.9. The summed E-state index contributed by atoms with van der Waals surface area (Å²) in [5.74, 6) is -0.255. The van der Waals surface area contributed by atoms with Gasteiger partial charge in [-0.1, -0.05) is 78.1 Å². The predicted molar refractivity (Wildman–Crippen MR) is 154 cm³/mol. The number of ether oxygens (including phenoxy) is 2. The molecule has 1 amide bonds. The zero-order chi connectivity index (χ0) is 27.1. The highest BCUT2D eigenvalue weighted by atomic mass is 33.1. The molecular weight excluding hydrogens is 529 g/mol. The van der Waals surface area contributed by atoms with Crippen molar-refractivity contribution in [2.75, 3.05) is 30.6 Å². The molecule has 1 radical (unpaired) electrons. The van der Waals surface area contributed by atoms with Crippen LogP contribution >= 0.6 is 33.3 Å². The minimum atomic E-state index is -1.82. The maximum atomic E-state index is 13.8. The second-order valence-electron chi connectivity index (χ2n) is 9.31. The third-order valence-electron chi connectivity index (χ3n) is 6.53. The van der Waals surface area contributed by atoms with Gasteiger partial charge in [0, 0.05) is 29.9 Å². The summed E-state index contributed by atoms with van der Waals surface area (Å²) >= 11 is 1.74. The van der Waals surface area contributed by atoms with Crippen molar-refractivity contribution in [3.8, 4) is 0 Å². The molecule has 3 unspecified atom stereocenters. The van der Waals surface area contributed by atoms with Crippen molar-refractivity contribution in [1.82, 2.24) is 11.1 Å². The molecule has 37 heavy (non-hydrogen) atoms. The highest BCUT2D eigenvalue weighted by Gasteiger charge is 2.52. The molecule has 3 atom stereocenters. The molecule has 1 aliphatic carbocycles. The molecule has 7 nitrogen and oxygen atoms in total.